The smallest absolute Gasteiger partial charge is 0.409 e. The summed E-state index contributed by atoms with van der Waals surface area (Å²) in [6.45, 7) is 4.82. The Labute approximate surface area is 161 Å². The third kappa shape index (κ3) is 3.83. The van der Waals surface area contributed by atoms with E-state index in [0.717, 1.165) is 63.7 Å². The Morgan fingerprint density at radius 1 is 1.19 bits per heavy atom. The standard InChI is InChI=1S/C22H30N2O3/c1-2-14-27-21(26)23-12-10-22(11-13-23)15-19(17-6-4-3-5-7-17)20(25)24(16-22)18-8-9-18/h3-7,18-19H,2,8-16H2,1H3/t19-/m1/s1. The Hall–Kier alpha value is -2.04. The molecule has 1 aromatic rings. The van der Waals surface area contributed by atoms with E-state index in [-0.39, 0.29) is 17.4 Å². The van der Waals surface area contributed by atoms with Gasteiger partial charge in [-0.2, -0.15) is 0 Å². The highest BCUT2D eigenvalue weighted by atomic mass is 16.6. The Morgan fingerprint density at radius 2 is 1.89 bits per heavy atom. The van der Waals surface area contributed by atoms with E-state index in [4.69, 9.17) is 4.74 Å². The molecule has 5 nitrogen and oxygen atoms in total. The van der Waals surface area contributed by atoms with Gasteiger partial charge in [-0.15, -0.1) is 0 Å². The maximum Gasteiger partial charge on any atom is 0.409 e. The maximum absolute atomic E-state index is 13.2. The number of rotatable bonds is 4. The third-order valence-electron chi connectivity index (χ3n) is 6.43. The fourth-order valence-corrected chi connectivity index (χ4v) is 4.67. The molecule has 5 heteroatoms. The normalized spacial score (nSPS) is 24.9. The number of nitrogens with zero attached hydrogens (tertiary/aromatic N) is 2. The molecule has 1 atom stereocenters. The van der Waals surface area contributed by atoms with Crippen molar-refractivity contribution in [1.82, 2.24) is 9.80 Å². The molecule has 2 heterocycles. The van der Waals surface area contributed by atoms with Crippen LogP contribution in [-0.2, 0) is 9.53 Å². The van der Waals surface area contributed by atoms with Gasteiger partial charge in [0.25, 0.3) is 0 Å². The van der Waals surface area contributed by atoms with E-state index >= 15 is 0 Å². The summed E-state index contributed by atoms with van der Waals surface area (Å²) in [7, 11) is 0. The molecule has 0 unspecified atom stereocenters. The fraction of sp³-hybridized carbons (Fsp3) is 0.636. The lowest BCUT2D eigenvalue weighted by Gasteiger charge is -2.50. The molecule has 3 aliphatic rings. The predicted octanol–water partition coefficient (Wildman–Crippen LogP) is 3.79. The molecular formula is C22H30N2O3. The molecule has 0 bridgehead atoms. The number of amides is 2. The molecule has 1 aromatic carbocycles. The zero-order chi connectivity index (χ0) is 18.9. The summed E-state index contributed by atoms with van der Waals surface area (Å²) in [5, 5.41) is 0. The molecule has 4 rings (SSSR count). The lowest BCUT2D eigenvalue weighted by Crippen LogP contribution is -2.55. The average molecular weight is 370 g/mol. The second-order valence-corrected chi connectivity index (χ2v) is 8.47. The van der Waals surface area contributed by atoms with E-state index in [1.54, 1.807) is 0 Å². The van der Waals surface area contributed by atoms with Crippen LogP contribution in [0, 0.1) is 5.41 Å². The SMILES string of the molecule is CCCOC(=O)N1CCC2(CC1)C[C@H](c1ccccc1)C(=O)N(C1CC1)C2. The van der Waals surface area contributed by atoms with Gasteiger partial charge < -0.3 is 14.5 Å². The van der Waals surface area contributed by atoms with Crippen molar-refractivity contribution < 1.29 is 14.3 Å². The highest BCUT2D eigenvalue weighted by Crippen LogP contribution is 2.48. The van der Waals surface area contributed by atoms with Crippen LogP contribution in [0.5, 0.6) is 0 Å². The largest absolute Gasteiger partial charge is 0.449 e. The van der Waals surface area contributed by atoms with Crippen molar-refractivity contribution in [3.8, 4) is 0 Å². The van der Waals surface area contributed by atoms with Gasteiger partial charge in [0, 0.05) is 25.7 Å². The summed E-state index contributed by atoms with van der Waals surface area (Å²) >= 11 is 0. The molecule has 27 heavy (non-hydrogen) atoms. The first-order valence-electron chi connectivity index (χ1n) is 10.4. The minimum absolute atomic E-state index is 0.0425. The maximum atomic E-state index is 13.2. The Morgan fingerprint density at radius 3 is 2.52 bits per heavy atom. The predicted molar refractivity (Wildman–Crippen MR) is 103 cm³/mol. The molecule has 1 aliphatic carbocycles. The van der Waals surface area contributed by atoms with E-state index in [2.05, 4.69) is 17.0 Å². The van der Waals surface area contributed by atoms with E-state index in [1.807, 2.05) is 30.0 Å². The zero-order valence-corrected chi connectivity index (χ0v) is 16.2. The van der Waals surface area contributed by atoms with E-state index in [1.165, 1.54) is 0 Å². The van der Waals surface area contributed by atoms with Crippen molar-refractivity contribution in [2.45, 2.75) is 57.4 Å². The van der Waals surface area contributed by atoms with Gasteiger partial charge in [-0.3, -0.25) is 4.79 Å². The molecule has 0 radical (unpaired) electrons. The molecular weight excluding hydrogens is 340 g/mol. The van der Waals surface area contributed by atoms with Gasteiger partial charge in [0.15, 0.2) is 0 Å². The van der Waals surface area contributed by atoms with E-state index < -0.39 is 0 Å². The highest BCUT2D eigenvalue weighted by molar-refractivity contribution is 5.85. The summed E-state index contributed by atoms with van der Waals surface area (Å²) < 4.78 is 5.31. The average Bonchev–Trinajstić information content (AvgIpc) is 3.54. The molecule has 2 saturated heterocycles. The van der Waals surface area contributed by atoms with Gasteiger partial charge in [-0.05, 0) is 49.5 Å². The number of hydrogen-bond acceptors (Lipinski definition) is 3. The fourth-order valence-electron chi connectivity index (χ4n) is 4.67. The number of likely N-dealkylation sites (tertiary alicyclic amines) is 2. The molecule has 0 N–H and O–H groups in total. The Balaban J connectivity index is 1.49. The molecule has 1 spiro atoms. The first-order valence-corrected chi connectivity index (χ1v) is 10.4. The monoisotopic (exact) mass is 370 g/mol. The summed E-state index contributed by atoms with van der Waals surface area (Å²) in [5.74, 6) is 0.262. The lowest BCUT2D eigenvalue weighted by molar-refractivity contribution is -0.142. The number of piperidine rings is 2. The van der Waals surface area contributed by atoms with Gasteiger partial charge in [0.1, 0.15) is 0 Å². The van der Waals surface area contributed by atoms with Crippen LogP contribution in [0.1, 0.15) is 56.9 Å². The van der Waals surface area contributed by atoms with Crippen molar-refractivity contribution in [3.63, 3.8) is 0 Å². The Kier molecular flexibility index (Phi) is 5.11. The molecule has 3 fully saturated rings. The Bertz CT molecular complexity index is 678. The van der Waals surface area contributed by atoms with E-state index in [0.29, 0.717) is 18.6 Å². The molecule has 146 valence electrons. The summed E-state index contributed by atoms with van der Waals surface area (Å²) in [5.41, 5.74) is 1.26. The van der Waals surface area contributed by atoms with Crippen LogP contribution < -0.4 is 0 Å². The van der Waals surface area contributed by atoms with Crippen LogP contribution in [0.25, 0.3) is 0 Å². The van der Waals surface area contributed by atoms with Gasteiger partial charge in [-0.25, -0.2) is 4.79 Å². The number of hydrogen-bond donors (Lipinski definition) is 0. The van der Waals surface area contributed by atoms with Crippen molar-refractivity contribution in [2.24, 2.45) is 5.41 Å². The van der Waals surface area contributed by atoms with Crippen LogP contribution in [0.15, 0.2) is 30.3 Å². The van der Waals surface area contributed by atoms with Crippen molar-refractivity contribution in [1.29, 1.82) is 0 Å². The van der Waals surface area contributed by atoms with Crippen LogP contribution >= 0.6 is 0 Å². The number of carbonyl (C=O) groups is 2. The van der Waals surface area contributed by atoms with Gasteiger partial charge in [0.05, 0.1) is 12.5 Å². The van der Waals surface area contributed by atoms with Crippen LogP contribution in [0.3, 0.4) is 0 Å². The highest BCUT2D eigenvalue weighted by Gasteiger charge is 2.49. The number of benzene rings is 1. The quantitative estimate of drug-likeness (QED) is 0.810. The summed E-state index contributed by atoms with van der Waals surface area (Å²) in [4.78, 5) is 29.4. The van der Waals surface area contributed by atoms with Crippen molar-refractivity contribution in [2.75, 3.05) is 26.2 Å². The molecule has 1 saturated carbocycles. The first-order chi connectivity index (χ1) is 13.1. The first kappa shape index (κ1) is 18.3. The molecule has 2 amide bonds. The van der Waals surface area contributed by atoms with Gasteiger partial charge in [-0.1, -0.05) is 37.3 Å². The summed E-state index contributed by atoms with van der Waals surface area (Å²) in [6.07, 6.45) is 5.74. The zero-order valence-electron chi connectivity index (χ0n) is 16.2. The second-order valence-electron chi connectivity index (χ2n) is 8.47. The summed E-state index contributed by atoms with van der Waals surface area (Å²) in [6, 6.07) is 10.7. The van der Waals surface area contributed by atoms with Crippen LogP contribution in [0.2, 0.25) is 0 Å². The van der Waals surface area contributed by atoms with Gasteiger partial charge in [0.2, 0.25) is 5.91 Å². The lowest BCUT2D eigenvalue weighted by atomic mass is 9.67. The van der Waals surface area contributed by atoms with E-state index in [9.17, 15) is 9.59 Å². The van der Waals surface area contributed by atoms with Crippen molar-refractivity contribution in [3.05, 3.63) is 35.9 Å². The van der Waals surface area contributed by atoms with Gasteiger partial charge >= 0.3 is 6.09 Å². The topological polar surface area (TPSA) is 49.9 Å². The minimum Gasteiger partial charge on any atom is -0.449 e. The van der Waals surface area contributed by atoms with Crippen LogP contribution in [-0.4, -0.2) is 54.1 Å². The molecule has 2 aliphatic heterocycles. The number of carbonyl (C=O) groups excluding carboxylic acids is 2. The third-order valence-corrected chi connectivity index (χ3v) is 6.43. The minimum atomic E-state index is -0.183. The molecule has 0 aromatic heterocycles. The van der Waals surface area contributed by atoms with Crippen molar-refractivity contribution >= 4 is 12.0 Å². The second kappa shape index (κ2) is 7.53. The van der Waals surface area contributed by atoms with Crippen LogP contribution in [0.4, 0.5) is 4.79 Å². The number of ether oxygens (including phenoxy) is 1.